The number of nitro benzene ring substituents is 1. The van der Waals surface area contributed by atoms with E-state index in [0.29, 0.717) is 17.1 Å². The minimum absolute atomic E-state index is 0.0226. The van der Waals surface area contributed by atoms with Gasteiger partial charge in [-0.25, -0.2) is 5.43 Å². The summed E-state index contributed by atoms with van der Waals surface area (Å²) in [5, 5.41) is 24.3. The predicted octanol–water partition coefficient (Wildman–Crippen LogP) is 5.68. The highest BCUT2D eigenvalue weighted by atomic mass is 16.6. The quantitative estimate of drug-likeness (QED) is 0.122. The Morgan fingerprint density at radius 3 is 1.92 bits per heavy atom. The Kier molecular flexibility index (Phi) is 8.05. The lowest BCUT2D eigenvalue weighted by molar-refractivity contribution is -0.384. The largest absolute Gasteiger partial charge is 0.326 e. The molecule has 0 fully saturated rings. The van der Waals surface area contributed by atoms with Gasteiger partial charge in [-0.1, -0.05) is 18.2 Å². The molecule has 0 atom stereocenters. The van der Waals surface area contributed by atoms with Crippen LogP contribution in [0, 0.1) is 24.0 Å². The Balaban J connectivity index is 1.59. The molecular formula is C27H27N9O3. The number of rotatable bonds is 9. The molecule has 12 heteroatoms. The molecule has 0 aliphatic carbocycles. The molecule has 0 spiro atoms. The van der Waals surface area contributed by atoms with E-state index in [1.165, 1.54) is 19.1 Å². The van der Waals surface area contributed by atoms with Gasteiger partial charge >= 0.3 is 0 Å². The van der Waals surface area contributed by atoms with Gasteiger partial charge in [-0.05, 0) is 73.9 Å². The number of hydrazone groups is 1. The SMILES string of the molecule is CC(=O)Nc1ccc(C(C)=NNc2nc(Nc3ccc([N+](=O)[O-])cc3)nc(Nc3ccc(C)c(C)c3)n2)cc1. The van der Waals surface area contributed by atoms with Gasteiger partial charge in [-0.15, -0.1) is 0 Å². The van der Waals surface area contributed by atoms with Crippen LogP contribution in [-0.4, -0.2) is 31.5 Å². The second-order valence-electron chi connectivity index (χ2n) is 8.73. The lowest BCUT2D eigenvalue weighted by Gasteiger charge is -2.11. The van der Waals surface area contributed by atoms with E-state index in [-0.39, 0.29) is 29.4 Å². The van der Waals surface area contributed by atoms with Crippen molar-refractivity contribution in [3.8, 4) is 0 Å². The Bertz CT molecular complexity index is 1540. The first kappa shape index (κ1) is 26.7. The fraction of sp³-hybridized carbons (Fsp3) is 0.148. The molecule has 1 heterocycles. The van der Waals surface area contributed by atoms with E-state index in [1.807, 2.05) is 51.1 Å². The summed E-state index contributed by atoms with van der Waals surface area (Å²) < 4.78 is 0. The van der Waals surface area contributed by atoms with Crippen molar-refractivity contribution in [2.45, 2.75) is 27.7 Å². The zero-order valence-corrected chi connectivity index (χ0v) is 21.8. The van der Waals surface area contributed by atoms with E-state index in [9.17, 15) is 14.9 Å². The minimum Gasteiger partial charge on any atom is -0.326 e. The molecule has 0 radical (unpaired) electrons. The van der Waals surface area contributed by atoms with E-state index < -0.39 is 4.92 Å². The van der Waals surface area contributed by atoms with Crippen molar-refractivity contribution < 1.29 is 9.72 Å². The number of carbonyl (C=O) groups is 1. The van der Waals surface area contributed by atoms with Gasteiger partial charge < -0.3 is 16.0 Å². The summed E-state index contributed by atoms with van der Waals surface area (Å²) in [4.78, 5) is 35.1. The van der Waals surface area contributed by atoms with E-state index in [2.05, 4.69) is 41.4 Å². The number of hydrogen-bond acceptors (Lipinski definition) is 10. The van der Waals surface area contributed by atoms with Crippen LogP contribution in [0.5, 0.6) is 0 Å². The van der Waals surface area contributed by atoms with Crippen LogP contribution in [0.3, 0.4) is 0 Å². The molecule has 4 aromatic rings. The lowest BCUT2D eigenvalue weighted by Crippen LogP contribution is -2.09. The maximum absolute atomic E-state index is 11.2. The monoisotopic (exact) mass is 525 g/mol. The molecule has 39 heavy (non-hydrogen) atoms. The van der Waals surface area contributed by atoms with Gasteiger partial charge in [0.1, 0.15) is 0 Å². The average molecular weight is 526 g/mol. The number of aryl methyl sites for hydroxylation is 2. The molecule has 0 saturated carbocycles. The highest BCUT2D eigenvalue weighted by molar-refractivity contribution is 5.99. The van der Waals surface area contributed by atoms with Crippen LogP contribution in [0.2, 0.25) is 0 Å². The summed E-state index contributed by atoms with van der Waals surface area (Å²) in [5.74, 6) is 0.510. The van der Waals surface area contributed by atoms with Gasteiger partial charge in [0.15, 0.2) is 0 Å². The van der Waals surface area contributed by atoms with Gasteiger partial charge in [0.05, 0.1) is 10.6 Å². The average Bonchev–Trinajstić information content (AvgIpc) is 2.90. The molecular weight excluding hydrogens is 498 g/mol. The van der Waals surface area contributed by atoms with Gasteiger partial charge in [-0.2, -0.15) is 20.1 Å². The number of benzene rings is 3. The van der Waals surface area contributed by atoms with Gasteiger partial charge in [0.25, 0.3) is 5.69 Å². The first-order valence-corrected chi connectivity index (χ1v) is 12.0. The Hall–Kier alpha value is -5.39. The van der Waals surface area contributed by atoms with Crippen LogP contribution in [0.1, 0.15) is 30.5 Å². The summed E-state index contributed by atoms with van der Waals surface area (Å²) >= 11 is 0. The number of hydrogen-bond donors (Lipinski definition) is 4. The number of nitro groups is 1. The van der Waals surface area contributed by atoms with E-state index in [0.717, 1.165) is 22.4 Å². The lowest BCUT2D eigenvalue weighted by atomic mass is 10.1. The van der Waals surface area contributed by atoms with Crippen LogP contribution in [0.25, 0.3) is 0 Å². The van der Waals surface area contributed by atoms with Crippen molar-refractivity contribution in [1.29, 1.82) is 0 Å². The highest BCUT2D eigenvalue weighted by Gasteiger charge is 2.10. The molecule has 1 amide bonds. The van der Waals surface area contributed by atoms with Gasteiger partial charge in [0, 0.05) is 36.1 Å². The van der Waals surface area contributed by atoms with Crippen LogP contribution < -0.4 is 21.4 Å². The maximum Gasteiger partial charge on any atom is 0.269 e. The second-order valence-corrected chi connectivity index (χ2v) is 8.73. The topological polar surface area (TPSA) is 159 Å². The fourth-order valence-corrected chi connectivity index (χ4v) is 3.48. The first-order valence-electron chi connectivity index (χ1n) is 12.0. The maximum atomic E-state index is 11.2. The Labute approximate surface area is 224 Å². The van der Waals surface area contributed by atoms with Crippen molar-refractivity contribution >= 4 is 52.2 Å². The molecule has 12 nitrogen and oxygen atoms in total. The molecule has 0 aliphatic rings. The summed E-state index contributed by atoms with van der Waals surface area (Å²) in [5.41, 5.74) is 8.68. The van der Waals surface area contributed by atoms with Crippen molar-refractivity contribution in [2.75, 3.05) is 21.4 Å². The number of amides is 1. The number of nitrogens with one attached hydrogen (secondary N) is 4. The second kappa shape index (κ2) is 11.8. The molecule has 4 rings (SSSR count). The van der Waals surface area contributed by atoms with Crippen LogP contribution in [0.15, 0.2) is 71.8 Å². The minimum atomic E-state index is -0.464. The van der Waals surface area contributed by atoms with Crippen molar-refractivity contribution in [3.05, 3.63) is 93.5 Å². The third kappa shape index (κ3) is 7.32. The third-order valence-electron chi connectivity index (χ3n) is 5.68. The number of aromatic nitrogens is 3. The molecule has 198 valence electrons. The summed E-state index contributed by atoms with van der Waals surface area (Å²) in [6.45, 7) is 7.33. The molecule has 3 aromatic carbocycles. The molecule has 0 bridgehead atoms. The smallest absolute Gasteiger partial charge is 0.269 e. The highest BCUT2D eigenvalue weighted by Crippen LogP contribution is 2.22. The van der Waals surface area contributed by atoms with Crippen molar-refractivity contribution in [2.24, 2.45) is 5.10 Å². The normalized spacial score (nSPS) is 11.0. The number of non-ortho nitro benzene ring substituents is 1. The number of carbonyl (C=O) groups excluding carboxylic acids is 1. The van der Waals surface area contributed by atoms with Crippen molar-refractivity contribution in [1.82, 2.24) is 15.0 Å². The molecule has 0 aliphatic heterocycles. The zero-order chi connectivity index (χ0) is 27.9. The fourth-order valence-electron chi connectivity index (χ4n) is 3.48. The van der Waals surface area contributed by atoms with E-state index >= 15 is 0 Å². The first-order chi connectivity index (χ1) is 18.7. The van der Waals surface area contributed by atoms with Crippen LogP contribution in [0.4, 0.5) is 40.6 Å². The predicted molar refractivity (Wildman–Crippen MR) is 152 cm³/mol. The third-order valence-corrected chi connectivity index (χ3v) is 5.68. The molecule has 0 saturated heterocycles. The summed E-state index contributed by atoms with van der Waals surface area (Å²) in [7, 11) is 0. The zero-order valence-electron chi connectivity index (χ0n) is 21.8. The van der Waals surface area contributed by atoms with Crippen molar-refractivity contribution in [3.63, 3.8) is 0 Å². The number of nitrogens with zero attached hydrogens (tertiary/aromatic N) is 5. The Morgan fingerprint density at radius 2 is 1.33 bits per heavy atom. The summed E-state index contributed by atoms with van der Waals surface area (Å²) in [6, 6.07) is 19.1. The standard InChI is InChI=1S/C27H27N9O3/c1-16-5-8-23(15-17(16)2)30-26-31-25(29-22-11-13-24(14-12-22)36(38)39)32-27(33-26)35-34-18(3)20-6-9-21(10-7-20)28-19(4)37/h5-15H,1-4H3,(H,28,37)(H3,29,30,31,32,33,35). The van der Waals surface area contributed by atoms with Gasteiger partial charge in [0.2, 0.25) is 23.8 Å². The van der Waals surface area contributed by atoms with Crippen LogP contribution >= 0.6 is 0 Å². The molecule has 1 aromatic heterocycles. The van der Waals surface area contributed by atoms with E-state index in [4.69, 9.17) is 0 Å². The molecule has 4 N–H and O–H groups in total. The number of anilines is 6. The van der Waals surface area contributed by atoms with E-state index in [1.54, 1.807) is 24.3 Å². The molecule has 0 unspecified atom stereocenters. The Morgan fingerprint density at radius 1 is 0.769 bits per heavy atom. The van der Waals surface area contributed by atoms with Gasteiger partial charge in [-0.3, -0.25) is 14.9 Å². The van der Waals surface area contributed by atoms with Crippen LogP contribution in [-0.2, 0) is 4.79 Å². The summed E-state index contributed by atoms with van der Waals surface area (Å²) in [6.07, 6.45) is 0.